The van der Waals surface area contributed by atoms with Gasteiger partial charge in [0.2, 0.25) is 0 Å². The number of aryl methyl sites for hydroxylation is 3. The highest BCUT2D eigenvalue weighted by Crippen LogP contribution is 2.42. The first-order valence-corrected chi connectivity index (χ1v) is 14.5. The first kappa shape index (κ1) is 30.3. The van der Waals surface area contributed by atoms with Crippen LogP contribution in [0.4, 0.5) is 9.18 Å². The molecule has 3 amide bonds. The molecule has 3 aromatic rings. The maximum absolute atomic E-state index is 14.0. The molecule has 1 saturated carbocycles. The summed E-state index contributed by atoms with van der Waals surface area (Å²) in [5.41, 5.74) is 1.66. The lowest BCUT2D eigenvalue weighted by atomic mass is 9.91. The van der Waals surface area contributed by atoms with Crippen LogP contribution in [0, 0.1) is 19.7 Å². The normalized spacial score (nSPS) is 19.3. The molecule has 2 fully saturated rings. The summed E-state index contributed by atoms with van der Waals surface area (Å²) in [6.45, 7) is 7.01. The van der Waals surface area contributed by atoms with Crippen molar-refractivity contribution >= 4 is 11.9 Å². The fraction of sp³-hybridized carbons (Fsp3) is 0.424. The molecule has 0 bridgehead atoms. The van der Waals surface area contributed by atoms with Crippen LogP contribution in [0.25, 0.3) is 11.1 Å². The van der Waals surface area contributed by atoms with Crippen LogP contribution in [0.15, 0.2) is 47.4 Å². The maximum Gasteiger partial charge on any atom is 0.327 e. The van der Waals surface area contributed by atoms with E-state index in [2.05, 4.69) is 0 Å². The van der Waals surface area contributed by atoms with Gasteiger partial charge in [0.15, 0.2) is 0 Å². The molecule has 5 rings (SSSR count). The minimum Gasteiger partial charge on any atom is -0.490 e. The summed E-state index contributed by atoms with van der Waals surface area (Å²) in [6, 6.07) is 9.15. The molecule has 228 valence electrons. The van der Waals surface area contributed by atoms with Crippen LogP contribution >= 0.6 is 0 Å². The Bertz CT molecular complexity index is 1610. The SMILES string of the molecule is Cc1cc(F)cc(C)c1Oc1ccc(C(C)(C)O)cc1-c1cn(C)c(=O)cc1OC1CCC(N2C(=O)CN(C)C2=O)CC1. The Morgan fingerprint density at radius 3 is 2.14 bits per heavy atom. The van der Waals surface area contributed by atoms with Crippen LogP contribution in [0.3, 0.4) is 0 Å². The maximum atomic E-state index is 14.0. The highest BCUT2D eigenvalue weighted by atomic mass is 19.1. The number of aliphatic hydroxyl groups is 1. The van der Waals surface area contributed by atoms with Crippen molar-refractivity contribution < 1.29 is 28.6 Å². The van der Waals surface area contributed by atoms with Gasteiger partial charge in [0, 0.05) is 43.5 Å². The Morgan fingerprint density at radius 1 is 0.907 bits per heavy atom. The molecular formula is C33H38FN3O6. The molecule has 1 aliphatic carbocycles. The van der Waals surface area contributed by atoms with Crippen LogP contribution in [0.2, 0.25) is 0 Å². The summed E-state index contributed by atoms with van der Waals surface area (Å²) in [4.78, 5) is 40.5. The highest BCUT2D eigenvalue weighted by Gasteiger charge is 2.40. The lowest BCUT2D eigenvalue weighted by molar-refractivity contribution is -0.127. The Morgan fingerprint density at radius 2 is 1.56 bits per heavy atom. The van der Waals surface area contributed by atoms with Crippen molar-refractivity contribution in [3.63, 3.8) is 0 Å². The zero-order valence-electron chi connectivity index (χ0n) is 25.4. The average Bonchev–Trinajstić information content (AvgIpc) is 3.18. The van der Waals surface area contributed by atoms with Gasteiger partial charge in [-0.1, -0.05) is 6.07 Å². The van der Waals surface area contributed by atoms with Crippen molar-refractivity contribution in [2.75, 3.05) is 13.6 Å². The van der Waals surface area contributed by atoms with Gasteiger partial charge in [-0.2, -0.15) is 0 Å². The molecule has 2 heterocycles. The molecule has 43 heavy (non-hydrogen) atoms. The minimum absolute atomic E-state index is 0.0943. The number of benzene rings is 2. The molecule has 9 nitrogen and oxygen atoms in total. The van der Waals surface area contributed by atoms with E-state index in [-0.39, 0.29) is 42.0 Å². The van der Waals surface area contributed by atoms with Crippen molar-refractivity contribution in [1.82, 2.24) is 14.4 Å². The third kappa shape index (κ3) is 6.15. The predicted molar refractivity (Wildman–Crippen MR) is 160 cm³/mol. The largest absolute Gasteiger partial charge is 0.490 e. The van der Waals surface area contributed by atoms with Crippen LogP contribution in [-0.2, 0) is 17.4 Å². The third-order valence-corrected chi connectivity index (χ3v) is 8.28. The van der Waals surface area contributed by atoms with Crippen LogP contribution in [0.1, 0.15) is 56.2 Å². The van der Waals surface area contributed by atoms with Gasteiger partial charge < -0.3 is 24.0 Å². The van der Waals surface area contributed by atoms with Gasteiger partial charge in [0.25, 0.3) is 11.5 Å². The zero-order chi connectivity index (χ0) is 31.2. The number of hydrogen-bond acceptors (Lipinski definition) is 6. The van der Waals surface area contributed by atoms with Crippen molar-refractivity contribution in [1.29, 1.82) is 0 Å². The molecule has 1 saturated heterocycles. The van der Waals surface area contributed by atoms with Gasteiger partial charge in [0.1, 0.15) is 29.6 Å². The van der Waals surface area contributed by atoms with Crippen molar-refractivity contribution in [2.45, 2.75) is 71.1 Å². The lowest BCUT2D eigenvalue weighted by Gasteiger charge is -2.33. The summed E-state index contributed by atoms with van der Waals surface area (Å²) in [7, 11) is 3.27. The molecule has 1 N–H and O–H groups in total. The number of aromatic nitrogens is 1. The quantitative estimate of drug-likeness (QED) is 0.369. The number of carbonyl (C=O) groups excluding carboxylic acids is 2. The van der Waals surface area contributed by atoms with E-state index in [1.54, 1.807) is 60.1 Å². The number of carbonyl (C=O) groups is 2. The van der Waals surface area contributed by atoms with Crippen molar-refractivity contribution in [2.24, 2.45) is 7.05 Å². The third-order valence-electron chi connectivity index (χ3n) is 8.28. The Kier molecular flexibility index (Phi) is 8.09. The highest BCUT2D eigenvalue weighted by molar-refractivity contribution is 6.02. The van der Waals surface area contributed by atoms with E-state index in [0.29, 0.717) is 70.7 Å². The number of imide groups is 1. The van der Waals surface area contributed by atoms with Gasteiger partial charge in [-0.25, -0.2) is 9.18 Å². The molecule has 2 aliphatic rings. The monoisotopic (exact) mass is 591 g/mol. The summed E-state index contributed by atoms with van der Waals surface area (Å²) < 4.78 is 28.4. The molecular weight excluding hydrogens is 553 g/mol. The van der Waals surface area contributed by atoms with E-state index < -0.39 is 5.60 Å². The molecule has 0 atom stereocenters. The van der Waals surface area contributed by atoms with Gasteiger partial charge in [-0.3, -0.25) is 14.5 Å². The molecule has 1 aliphatic heterocycles. The van der Waals surface area contributed by atoms with Crippen molar-refractivity contribution in [3.05, 3.63) is 75.5 Å². The Hall–Kier alpha value is -4.18. The second-order valence-electron chi connectivity index (χ2n) is 12.2. The van der Waals surface area contributed by atoms with Crippen molar-refractivity contribution in [3.8, 4) is 28.4 Å². The van der Waals surface area contributed by atoms with Crippen LogP contribution in [0.5, 0.6) is 17.2 Å². The summed E-state index contributed by atoms with van der Waals surface area (Å²) in [5, 5.41) is 10.8. The van der Waals surface area contributed by atoms with Crippen LogP contribution < -0.4 is 15.0 Å². The average molecular weight is 592 g/mol. The van der Waals surface area contributed by atoms with E-state index in [0.717, 1.165) is 0 Å². The molecule has 2 aromatic carbocycles. The Labute approximate surface area is 250 Å². The standard InChI is InChI=1S/C33H38FN3O6/c1-19-13-22(34)14-20(2)31(19)43-27-12-7-21(33(3,4)41)15-25(27)26-17-35(5)29(38)16-28(26)42-24-10-8-23(9-11-24)37-30(39)18-36(6)32(37)40/h7,12-17,23-24,41H,8-11,18H2,1-6H3. The number of hydrogen-bond donors (Lipinski definition) is 1. The second kappa shape index (κ2) is 11.5. The Balaban J connectivity index is 1.50. The van der Waals surface area contributed by atoms with Gasteiger partial charge in [0.05, 0.1) is 11.7 Å². The van der Waals surface area contributed by atoms with E-state index in [1.165, 1.54) is 32.6 Å². The second-order valence-corrected chi connectivity index (χ2v) is 12.2. The van der Waals surface area contributed by atoms with Gasteiger partial charge >= 0.3 is 6.03 Å². The lowest BCUT2D eigenvalue weighted by Crippen LogP contribution is -2.44. The van der Waals surface area contributed by atoms with E-state index in [4.69, 9.17) is 9.47 Å². The van der Waals surface area contributed by atoms with E-state index >= 15 is 0 Å². The summed E-state index contributed by atoms with van der Waals surface area (Å²) in [6.07, 6.45) is 3.84. The summed E-state index contributed by atoms with van der Waals surface area (Å²) in [5.74, 6) is 0.796. The fourth-order valence-electron chi connectivity index (χ4n) is 5.89. The molecule has 1 aromatic heterocycles. The first-order valence-electron chi connectivity index (χ1n) is 14.5. The molecule has 10 heteroatoms. The summed E-state index contributed by atoms with van der Waals surface area (Å²) >= 11 is 0. The number of urea groups is 1. The molecule has 0 unspecified atom stereocenters. The van der Waals surface area contributed by atoms with E-state index in [9.17, 15) is 23.9 Å². The molecule has 0 radical (unpaired) electrons. The number of pyridine rings is 1. The van der Waals surface area contributed by atoms with E-state index in [1.807, 2.05) is 6.07 Å². The first-order chi connectivity index (χ1) is 20.2. The predicted octanol–water partition coefficient (Wildman–Crippen LogP) is 5.41. The number of rotatable bonds is 7. The number of ether oxygens (including phenoxy) is 2. The topological polar surface area (TPSA) is 101 Å². The zero-order valence-corrected chi connectivity index (χ0v) is 25.4. The smallest absolute Gasteiger partial charge is 0.327 e. The fourth-order valence-corrected chi connectivity index (χ4v) is 5.89. The number of likely N-dealkylation sites (N-methyl/N-ethyl adjacent to an activating group) is 1. The number of amides is 3. The van der Waals surface area contributed by atoms with Gasteiger partial charge in [-0.05, 0) is 94.3 Å². The minimum atomic E-state index is -1.16. The molecule has 0 spiro atoms. The van der Waals surface area contributed by atoms with Crippen LogP contribution in [-0.4, -0.2) is 57.1 Å². The van der Waals surface area contributed by atoms with Gasteiger partial charge in [-0.15, -0.1) is 0 Å². The number of halogens is 1. The number of nitrogens with zero attached hydrogens (tertiary/aromatic N) is 3.